The predicted octanol–water partition coefficient (Wildman–Crippen LogP) is 5.68. The Bertz CT molecular complexity index is 1220. The molecule has 1 N–H and O–H groups in total. The summed E-state index contributed by atoms with van der Waals surface area (Å²) < 4.78 is 5.57. The summed E-state index contributed by atoms with van der Waals surface area (Å²) in [6.45, 7) is 6.54. The number of aryl methyl sites for hydroxylation is 1. The van der Waals surface area contributed by atoms with Gasteiger partial charge in [0.2, 0.25) is 5.43 Å². The van der Waals surface area contributed by atoms with Crippen molar-refractivity contribution in [2.45, 2.75) is 31.6 Å². The summed E-state index contributed by atoms with van der Waals surface area (Å²) >= 11 is 3.24. The Morgan fingerprint density at radius 1 is 1.20 bits per heavy atom. The van der Waals surface area contributed by atoms with Crippen molar-refractivity contribution in [3.8, 4) is 16.9 Å². The highest BCUT2D eigenvalue weighted by atomic mass is 32.2. The van der Waals surface area contributed by atoms with Crippen LogP contribution in [0.25, 0.3) is 21.3 Å². The smallest absolute Gasteiger partial charge is 0.223 e. The minimum Gasteiger partial charge on any atom is -0.488 e. The molecule has 30 heavy (non-hydrogen) atoms. The molecule has 3 heterocycles. The van der Waals surface area contributed by atoms with E-state index in [4.69, 9.17) is 9.72 Å². The van der Waals surface area contributed by atoms with Gasteiger partial charge in [0, 0.05) is 34.7 Å². The van der Waals surface area contributed by atoms with Gasteiger partial charge in [-0.2, -0.15) is 0 Å². The highest BCUT2D eigenvalue weighted by Gasteiger charge is 2.15. The van der Waals surface area contributed by atoms with Crippen LogP contribution in [0.15, 0.2) is 57.8 Å². The molecule has 4 aromatic rings. The first-order chi connectivity index (χ1) is 14.5. The molecular formula is C23H23N3O2S2. The van der Waals surface area contributed by atoms with Gasteiger partial charge in [-0.05, 0) is 18.4 Å². The van der Waals surface area contributed by atoms with Crippen LogP contribution in [0, 0.1) is 12.8 Å². The van der Waals surface area contributed by atoms with Gasteiger partial charge in [-0.15, -0.1) is 11.3 Å². The van der Waals surface area contributed by atoms with Crippen LogP contribution in [0.3, 0.4) is 0 Å². The zero-order chi connectivity index (χ0) is 21.1. The fourth-order valence-electron chi connectivity index (χ4n) is 3.05. The molecule has 5 nitrogen and oxygen atoms in total. The number of hydrogen-bond acceptors (Lipinski definition) is 6. The third kappa shape index (κ3) is 4.57. The third-order valence-corrected chi connectivity index (χ3v) is 6.37. The summed E-state index contributed by atoms with van der Waals surface area (Å²) in [5.41, 5.74) is 3.03. The monoisotopic (exact) mass is 437 g/mol. The van der Waals surface area contributed by atoms with Crippen LogP contribution in [0.5, 0.6) is 5.75 Å². The lowest BCUT2D eigenvalue weighted by Gasteiger charge is -2.09. The number of aromatic nitrogens is 3. The van der Waals surface area contributed by atoms with Gasteiger partial charge in [0.15, 0.2) is 5.75 Å². The summed E-state index contributed by atoms with van der Waals surface area (Å²) in [7, 11) is 0. The summed E-state index contributed by atoms with van der Waals surface area (Å²) in [4.78, 5) is 25.8. The van der Waals surface area contributed by atoms with Crippen LogP contribution >= 0.6 is 23.1 Å². The van der Waals surface area contributed by atoms with Crippen molar-refractivity contribution in [2.75, 3.05) is 6.61 Å². The van der Waals surface area contributed by atoms with Crippen LogP contribution in [-0.2, 0) is 5.75 Å². The summed E-state index contributed by atoms with van der Waals surface area (Å²) in [6.07, 6.45) is 1.65. The van der Waals surface area contributed by atoms with Gasteiger partial charge in [0.1, 0.15) is 15.7 Å². The summed E-state index contributed by atoms with van der Waals surface area (Å²) in [6, 6.07) is 11.9. The molecule has 154 valence electrons. The Hall–Kier alpha value is -2.64. The van der Waals surface area contributed by atoms with Crippen LogP contribution in [0.2, 0.25) is 0 Å². The standard InChI is InChI=1S/C23H23N3O2S2/c1-14(2)11-28-20-10-24-17(9-19(20)27)12-29-22-21-18(16-7-5-4-6-8-16)13-30-23(21)26-15(3)25-22/h4-10,13-14H,11-12H2,1-3H3,(H,24,27). The van der Waals surface area contributed by atoms with Gasteiger partial charge in [0.05, 0.1) is 12.0 Å². The van der Waals surface area contributed by atoms with Crippen molar-refractivity contribution < 1.29 is 4.74 Å². The Morgan fingerprint density at radius 2 is 2.00 bits per heavy atom. The lowest BCUT2D eigenvalue weighted by atomic mass is 10.1. The van der Waals surface area contributed by atoms with Gasteiger partial charge < -0.3 is 9.72 Å². The molecule has 1 aromatic carbocycles. The largest absolute Gasteiger partial charge is 0.488 e. The number of thioether (sulfide) groups is 1. The van der Waals surface area contributed by atoms with Crippen LogP contribution in [0.1, 0.15) is 25.4 Å². The maximum atomic E-state index is 12.3. The molecule has 0 amide bonds. The van der Waals surface area contributed by atoms with E-state index < -0.39 is 0 Å². The number of rotatable bonds is 7. The number of pyridine rings is 1. The number of aromatic amines is 1. The second kappa shape index (κ2) is 9.02. The minimum absolute atomic E-state index is 0.102. The molecule has 0 aliphatic heterocycles. The molecule has 0 fully saturated rings. The van der Waals surface area contributed by atoms with Crippen molar-refractivity contribution in [3.05, 3.63) is 69.7 Å². The van der Waals surface area contributed by atoms with E-state index in [0.717, 1.165) is 37.9 Å². The highest BCUT2D eigenvalue weighted by molar-refractivity contribution is 7.98. The van der Waals surface area contributed by atoms with Crippen LogP contribution < -0.4 is 10.2 Å². The minimum atomic E-state index is -0.102. The molecule has 0 radical (unpaired) electrons. The van der Waals surface area contributed by atoms with Crippen molar-refractivity contribution in [1.29, 1.82) is 0 Å². The zero-order valence-electron chi connectivity index (χ0n) is 17.1. The number of nitrogens with one attached hydrogen (secondary N) is 1. The second-order valence-corrected chi connectivity index (χ2v) is 9.27. The predicted molar refractivity (Wildman–Crippen MR) is 125 cm³/mol. The van der Waals surface area contributed by atoms with E-state index in [2.05, 4.69) is 41.3 Å². The third-order valence-electron chi connectivity index (χ3n) is 4.47. The number of fused-ring (bicyclic) bond motifs is 1. The topological polar surface area (TPSA) is 67.9 Å². The van der Waals surface area contributed by atoms with Gasteiger partial charge in [0.25, 0.3) is 0 Å². The maximum absolute atomic E-state index is 12.3. The first-order valence-corrected chi connectivity index (χ1v) is 11.7. The Morgan fingerprint density at radius 3 is 2.73 bits per heavy atom. The number of H-pyrrole nitrogens is 1. The fraction of sp³-hybridized carbons (Fsp3) is 0.261. The van der Waals surface area contributed by atoms with Crippen molar-refractivity contribution in [2.24, 2.45) is 5.92 Å². The van der Waals surface area contributed by atoms with E-state index in [9.17, 15) is 4.79 Å². The van der Waals surface area contributed by atoms with E-state index in [-0.39, 0.29) is 5.43 Å². The van der Waals surface area contributed by atoms with Crippen molar-refractivity contribution in [3.63, 3.8) is 0 Å². The highest BCUT2D eigenvalue weighted by Crippen LogP contribution is 2.38. The van der Waals surface area contributed by atoms with Gasteiger partial charge in [-0.25, -0.2) is 9.97 Å². The average molecular weight is 438 g/mol. The van der Waals surface area contributed by atoms with E-state index in [1.807, 2.05) is 25.1 Å². The van der Waals surface area contributed by atoms with Gasteiger partial charge in [-0.1, -0.05) is 55.9 Å². The van der Waals surface area contributed by atoms with Gasteiger partial charge in [-0.3, -0.25) is 4.79 Å². The molecule has 0 spiro atoms. The van der Waals surface area contributed by atoms with E-state index in [0.29, 0.717) is 24.0 Å². The molecule has 4 rings (SSSR count). The molecule has 0 saturated heterocycles. The quantitative estimate of drug-likeness (QED) is 0.297. The molecule has 7 heteroatoms. The number of hydrogen-bond donors (Lipinski definition) is 1. The first kappa shape index (κ1) is 20.6. The summed E-state index contributed by atoms with van der Waals surface area (Å²) in [5.74, 6) is 2.08. The Balaban J connectivity index is 1.61. The molecular weight excluding hydrogens is 414 g/mol. The normalized spacial score (nSPS) is 11.3. The molecule has 0 atom stereocenters. The van der Waals surface area contributed by atoms with Gasteiger partial charge >= 0.3 is 0 Å². The molecule has 0 aliphatic carbocycles. The lowest BCUT2D eigenvalue weighted by molar-refractivity contribution is 0.268. The number of ether oxygens (including phenoxy) is 1. The van der Waals surface area contributed by atoms with Crippen molar-refractivity contribution >= 4 is 33.3 Å². The Labute approximate surface area is 183 Å². The lowest BCUT2D eigenvalue weighted by Crippen LogP contribution is -2.13. The number of nitrogens with zero attached hydrogens (tertiary/aromatic N) is 2. The molecule has 3 aromatic heterocycles. The molecule has 0 saturated carbocycles. The van der Waals surface area contributed by atoms with E-state index >= 15 is 0 Å². The Kier molecular flexibility index (Phi) is 6.20. The van der Waals surface area contributed by atoms with Crippen LogP contribution in [-0.4, -0.2) is 21.6 Å². The maximum Gasteiger partial charge on any atom is 0.223 e. The fourth-order valence-corrected chi connectivity index (χ4v) is 5.11. The zero-order valence-corrected chi connectivity index (χ0v) is 18.8. The van der Waals surface area contributed by atoms with Crippen molar-refractivity contribution in [1.82, 2.24) is 15.0 Å². The number of benzene rings is 1. The second-order valence-electron chi connectivity index (χ2n) is 7.45. The molecule has 0 aliphatic rings. The SMILES string of the molecule is Cc1nc(SCc2cc(=O)c(OCC(C)C)c[nH]2)c2c(-c3ccccc3)csc2n1. The average Bonchev–Trinajstić information content (AvgIpc) is 3.15. The van der Waals surface area contributed by atoms with Crippen LogP contribution in [0.4, 0.5) is 0 Å². The molecule has 0 bridgehead atoms. The van der Waals surface area contributed by atoms with E-state index in [1.54, 1.807) is 35.4 Å². The summed E-state index contributed by atoms with van der Waals surface area (Å²) in [5, 5.41) is 4.14. The van der Waals surface area contributed by atoms with E-state index in [1.165, 1.54) is 0 Å². The number of thiophene rings is 1. The molecule has 0 unspecified atom stereocenters. The first-order valence-electron chi connectivity index (χ1n) is 9.79.